The third-order valence-electron chi connectivity index (χ3n) is 4.51. The summed E-state index contributed by atoms with van der Waals surface area (Å²) >= 11 is 11.7. The molecule has 4 rings (SSSR count). The third kappa shape index (κ3) is 7.18. The fourth-order valence-corrected chi connectivity index (χ4v) is 3.04. The molecule has 8 nitrogen and oxygen atoms in total. The van der Waals surface area contributed by atoms with Crippen molar-refractivity contribution in [3.05, 3.63) is 82.1 Å². The fourth-order valence-electron chi connectivity index (χ4n) is 2.63. The van der Waals surface area contributed by atoms with Crippen LogP contribution in [0.3, 0.4) is 0 Å². The summed E-state index contributed by atoms with van der Waals surface area (Å²) in [5.41, 5.74) is 1.81. The Morgan fingerprint density at radius 2 is 1.11 bits per heavy atom. The topological polar surface area (TPSA) is 115 Å². The lowest BCUT2D eigenvalue weighted by Gasteiger charge is -2.06. The quantitative estimate of drug-likeness (QED) is 0.242. The number of halogens is 8. The van der Waals surface area contributed by atoms with E-state index in [4.69, 9.17) is 28.3 Å². The number of aromatic nitrogens is 6. The number of carbonyl (C=O) groups is 1. The summed E-state index contributed by atoms with van der Waals surface area (Å²) < 4.78 is 73.7. The van der Waals surface area contributed by atoms with Gasteiger partial charge in [-0.3, -0.25) is 14.8 Å². The molecule has 0 spiro atoms. The molecule has 0 fully saturated rings. The SMILES string of the molecule is O=Cc1cnc(-c2cnc(C(F)(F)F)nc2)cc1Cl.OCc1cnc(-c2cnc(C(F)(F)F)nc2)cc1Cl. The van der Waals surface area contributed by atoms with Crippen molar-refractivity contribution in [2.24, 2.45) is 0 Å². The molecule has 4 aromatic heterocycles. The molecular formula is C22H12Cl2F6N6O2. The number of nitrogens with zero attached hydrogens (tertiary/aromatic N) is 6. The van der Waals surface area contributed by atoms with E-state index in [9.17, 15) is 31.1 Å². The van der Waals surface area contributed by atoms with Gasteiger partial charge in [0, 0.05) is 58.9 Å². The smallest absolute Gasteiger partial charge is 0.392 e. The average Bonchev–Trinajstić information content (AvgIpc) is 2.88. The molecule has 0 aliphatic rings. The highest BCUT2D eigenvalue weighted by atomic mass is 35.5. The first kappa shape index (κ1) is 28.8. The minimum atomic E-state index is -4.59. The molecule has 4 heterocycles. The van der Waals surface area contributed by atoms with Crippen molar-refractivity contribution in [2.45, 2.75) is 19.0 Å². The standard InChI is InChI=1S/C11H7ClF3N3O.C11H5ClF3N3O/c2*12-8-1-9(16-4-7(8)5-19)6-2-17-10(18-3-6)11(13,14)15/h1-4,19H,5H2;1-5H. The average molecular weight is 577 g/mol. The van der Waals surface area contributed by atoms with Crippen molar-refractivity contribution >= 4 is 29.5 Å². The van der Waals surface area contributed by atoms with E-state index in [2.05, 4.69) is 29.9 Å². The monoisotopic (exact) mass is 576 g/mol. The van der Waals surface area contributed by atoms with Crippen molar-refractivity contribution in [2.75, 3.05) is 0 Å². The Hall–Kier alpha value is -3.75. The van der Waals surface area contributed by atoms with Crippen molar-refractivity contribution in [1.29, 1.82) is 0 Å². The zero-order valence-electron chi connectivity index (χ0n) is 18.5. The molecule has 0 amide bonds. The van der Waals surface area contributed by atoms with Crippen LogP contribution in [0, 0.1) is 0 Å². The number of hydrogen-bond acceptors (Lipinski definition) is 8. The summed E-state index contributed by atoms with van der Waals surface area (Å²) in [5, 5.41) is 9.36. The van der Waals surface area contributed by atoms with Gasteiger partial charge in [-0.15, -0.1) is 0 Å². The van der Waals surface area contributed by atoms with Crippen LogP contribution in [0.4, 0.5) is 26.3 Å². The maximum Gasteiger partial charge on any atom is 0.451 e. The second-order valence-corrected chi connectivity index (χ2v) is 7.93. The number of hydrogen-bond donors (Lipinski definition) is 1. The fraction of sp³-hybridized carbons (Fsp3) is 0.136. The summed E-state index contributed by atoms with van der Waals surface area (Å²) in [4.78, 5) is 31.3. The number of pyridine rings is 2. The van der Waals surface area contributed by atoms with Crippen LogP contribution in [-0.4, -0.2) is 41.3 Å². The van der Waals surface area contributed by atoms with Crippen LogP contribution in [0.1, 0.15) is 27.6 Å². The molecule has 0 saturated heterocycles. The molecule has 0 atom stereocenters. The van der Waals surface area contributed by atoms with Gasteiger partial charge in [-0.2, -0.15) is 26.3 Å². The molecule has 198 valence electrons. The molecule has 0 aliphatic carbocycles. The highest BCUT2D eigenvalue weighted by Gasteiger charge is 2.35. The van der Waals surface area contributed by atoms with Crippen LogP contribution < -0.4 is 0 Å². The van der Waals surface area contributed by atoms with Crippen LogP contribution in [-0.2, 0) is 19.0 Å². The van der Waals surface area contributed by atoms with Gasteiger partial charge < -0.3 is 5.11 Å². The lowest BCUT2D eigenvalue weighted by atomic mass is 10.2. The van der Waals surface area contributed by atoms with E-state index in [1.807, 2.05) is 0 Å². The molecule has 0 aromatic carbocycles. The highest BCUT2D eigenvalue weighted by Crippen LogP contribution is 2.29. The second-order valence-electron chi connectivity index (χ2n) is 7.11. The number of alkyl halides is 6. The lowest BCUT2D eigenvalue weighted by molar-refractivity contribution is -0.145. The highest BCUT2D eigenvalue weighted by molar-refractivity contribution is 6.33. The Kier molecular flexibility index (Phi) is 8.91. The first-order valence-corrected chi connectivity index (χ1v) is 10.7. The maximum absolute atomic E-state index is 12.3. The molecule has 0 saturated carbocycles. The number of rotatable bonds is 4. The second kappa shape index (κ2) is 11.8. The van der Waals surface area contributed by atoms with E-state index in [0.29, 0.717) is 23.1 Å². The number of aliphatic hydroxyl groups excluding tert-OH is 1. The van der Waals surface area contributed by atoms with Gasteiger partial charge in [-0.1, -0.05) is 23.2 Å². The zero-order chi connectivity index (χ0) is 28.1. The van der Waals surface area contributed by atoms with Crippen LogP contribution in [0.2, 0.25) is 10.0 Å². The van der Waals surface area contributed by atoms with Gasteiger partial charge in [0.2, 0.25) is 11.6 Å². The molecule has 38 heavy (non-hydrogen) atoms. The van der Waals surface area contributed by atoms with Gasteiger partial charge in [0.15, 0.2) is 6.29 Å². The van der Waals surface area contributed by atoms with E-state index in [1.165, 1.54) is 24.5 Å². The predicted octanol–water partition coefficient (Wildman–Crippen LogP) is 5.73. The number of carbonyl (C=O) groups excluding carboxylic acids is 1. The maximum atomic E-state index is 12.3. The van der Waals surface area contributed by atoms with E-state index in [0.717, 1.165) is 24.8 Å². The van der Waals surface area contributed by atoms with Gasteiger partial charge in [-0.05, 0) is 12.1 Å². The lowest BCUT2D eigenvalue weighted by Crippen LogP contribution is -2.10. The van der Waals surface area contributed by atoms with E-state index in [-0.39, 0.29) is 33.5 Å². The Balaban J connectivity index is 0.000000211. The number of aliphatic hydroxyl groups is 1. The first-order valence-electron chi connectivity index (χ1n) is 9.98. The molecule has 4 aromatic rings. The van der Waals surface area contributed by atoms with E-state index >= 15 is 0 Å². The molecule has 0 unspecified atom stereocenters. The molecule has 16 heteroatoms. The van der Waals surface area contributed by atoms with Crippen molar-refractivity contribution < 1.29 is 36.2 Å². The van der Waals surface area contributed by atoms with Gasteiger partial charge in [0.05, 0.1) is 28.6 Å². The number of aldehydes is 1. The normalized spacial score (nSPS) is 11.5. The Bertz CT molecular complexity index is 1420. The minimum Gasteiger partial charge on any atom is -0.392 e. The summed E-state index contributed by atoms with van der Waals surface area (Å²) in [6.07, 6.45) is -2.04. The van der Waals surface area contributed by atoms with Gasteiger partial charge >= 0.3 is 12.4 Å². The van der Waals surface area contributed by atoms with Gasteiger partial charge in [0.25, 0.3) is 0 Å². The predicted molar refractivity (Wildman–Crippen MR) is 122 cm³/mol. The molecular weight excluding hydrogens is 565 g/mol. The van der Waals surface area contributed by atoms with Crippen LogP contribution >= 0.6 is 23.2 Å². The van der Waals surface area contributed by atoms with Crippen molar-refractivity contribution in [3.8, 4) is 22.5 Å². The summed E-state index contributed by atoms with van der Waals surface area (Å²) in [6, 6.07) is 2.79. The Labute approximate surface area is 219 Å². The molecule has 0 bridgehead atoms. The zero-order valence-corrected chi connectivity index (χ0v) is 20.0. The van der Waals surface area contributed by atoms with Crippen LogP contribution in [0.15, 0.2) is 49.3 Å². The van der Waals surface area contributed by atoms with E-state index in [1.54, 1.807) is 0 Å². The van der Waals surface area contributed by atoms with Crippen molar-refractivity contribution in [3.63, 3.8) is 0 Å². The summed E-state index contributed by atoms with van der Waals surface area (Å²) in [5.74, 6) is -2.44. The van der Waals surface area contributed by atoms with Crippen LogP contribution in [0.25, 0.3) is 22.5 Å². The minimum absolute atomic E-state index is 0.153. The first-order chi connectivity index (χ1) is 17.8. The van der Waals surface area contributed by atoms with Gasteiger partial charge in [0.1, 0.15) is 0 Å². The summed E-state index contributed by atoms with van der Waals surface area (Å²) in [6.45, 7) is -0.268. The van der Waals surface area contributed by atoms with E-state index < -0.39 is 24.0 Å². The Morgan fingerprint density at radius 3 is 1.45 bits per heavy atom. The van der Waals surface area contributed by atoms with Crippen LogP contribution in [0.5, 0.6) is 0 Å². The van der Waals surface area contributed by atoms with Gasteiger partial charge in [-0.25, -0.2) is 19.9 Å². The third-order valence-corrected chi connectivity index (χ3v) is 5.19. The largest absolute Gasteiger partial charge is 0.451 e. The van der Waals surface area contributed by atoms with Crippen molar-refractivity contribution in [1.82, 2.24) is 29.9 Å². The molecule has 0 radical (unpaired) electrons. The molecule has 1 N–H and O–H groups in total. The Morgan fingerprint density at radius 1 is 0.684 bits per heavy atom. The molecule has 0 aliphatic heterocycles. The summed E-state index contributed by atoms with van der Waals surface area (Å²) in [7, 11) is 0.